The standard InChI is InChI=1S/C23H26N4O4S2/c1-31-20-8-3-2-7-19(20)26-9-11-27(12-10-26)22(28)16-5-4-6-17(13-16)24-23-25-18-14-33(29,30)15-21(18)32-23/h2-8,13,18,21H,9-12,14-15H2,1H3,(H,24,25)/t18-,21-/m0/s1. The van der Waals surface area contributed by atoms with Crippen molar-refractivity contribution in [1.82, 2.24) is 4.90 Å². The molecular formula is C23H26N4O4S2. The van der Waals surface area contributed by atoms with E-state index in [2.05, 4.69) is 15.2 Å². The smallest absolute Gasteiger partial charge is 0.254 e. The number of ether oxygens (including phenoxy) is 1. The fraction of sp³-hybridized carbons (Fsp3) is 0.391. The maximum absolute atomic E-state index is 13.1. The fourth-order valence-corrected chi connectivity index (χ4v) is 8.17. The van der Waals surface area contributed by atoms with Crippen LogP contribution in [0.15, 0.2) is 53.5 Å². The molecule has 2 saturated heterocycles. The Kier molecular flexibility index (Phi) is 5.96. The number of rotatable bonds is 4. The van der Waals surface area contributed by atoms with Crippen LogP contribution in [0.25, 0.3) is 0 Å². The Hall–Kier alpha value is -2.72. The van der Waals surface area contributed by atoms with Crippen molar-refractivity contribution in [2.24, 2.45) is 4.99 Å². The van der Waals surface area contributed by atoms with Crippen LogP contribution in [0.5, 0.6) is 5.75 Å². The number of anilines is 2. The summed E-state index contributed by atoms with van der Waals surface area (Å²) in [4.78, 5) is 21.8. The molecule has 0 spiro atoms. The molecule has 0 saturated carbocycles. The third-order valence-electron chi connectivity index (χ3n) is 6.17. The van der Waals surface area contributed by atoms with Crippen LogP contribution in [0.2, 0.25) is 0 Å². The van der Waals surface area contributed by atoms with Gasteiger partial charge in [0.15, 0.2) is 15.0 Å². The summed E-state index contributed by atoms with van der Waals surface area (Å²) in [5.74, 6) is 1.14. The summed E-state index contributed by atoms with van der Waals surface area (Å²) in [6.45, 7) is 2.75. The third kappa shape index (κ3) is 4.67. The zero-order valence-electron chi connectivity index (χ0n) is 18.3. The van der Waals surface area contributed by atoms with Crippen molar-refractivity contribution in [3.63, 3.8) is 0 Å². The molecule has 2 aromatic carbocycles. The van der Waals surface area contributed by atoms with E-state index in [1.165, 1.54) is 11.8 Å². The second kappa shape index (κ2) is 8.90. The van der Waals surface area contributed by atoms with Crippen molar-refractivity contribution in [3.8, 4) is 5.75 Å². The van der Waals surface area contributed by atoms with Gasteiger partial charge in [-0.15, -0.1) is 0 Å². The zero-order valence-corrected chi connectivity index (χ0v) is 19.9. The fourth-order valence-electron chi connectivity index (χ4n) is 4.49. The van der Waals surface area contributed by atoms with E-state index >= 15 is 0 Å². The van der Waals surface area contributed by atoms with Crippen molar-refractivity contribution >= 4 is 44.0 Å². The monoisotopic (exact) mass is 486 g/mol. The average molecular weight is 487 g/mol. The van der Waals surface area contributed by atoms with Crippen LogP contribution in [0.1, 0.15) is 10.4 Å². The number of thioether (sulfide) groups is 1. The lowest BCUT2D eigenvalue weighted by Crippen LogP contribution is -2.48. The van der Waals surface area contributed by atoms with E-state index in [4.69, 9.17) is 4.74 Å². The number of amides is 1. The number of benzene rings is 2. The van der Waals surface area contributed by atoms with Crippen molar-refractivity contribution in [3.05, 3.63) is 54.1 Å². The second-order valence-corrected chi connectivity index (χ2v) is 11.8. The normalized spacial score (nSPS) is 23.7. The number of nitrogens with zero attached hydrogens (tertiary/aromatic N) is 3. The highest BCUT2D eigenvalue weighted by Gasteiger charge is 2.42. The van der Waals surface area contributed by atoms with Gasteiger partial charge in [-0.2, -0.15) is 0 Å². The first-order chi connectivity index (χ1) is 15.9. The van der Waals surface area contributed by atoms with Gasteiger partial charge in [-0.25, -0.2) is 8.42 Å². The summed E-state index contributed by atoms with van der Waals surface area (Å²) in [6.07, 6.45) is 0. The highest BCUT2D eigenvalue weighted by atomic mass is 32.2. The molecule has 0 aromatic heterocycles. The molecule has 1 N–H and O–H groups in total. The van der Waals surface area contributed by atoms with Gasteiger partial charge < -0.3 is 19.9 Å². The van der Waals surface area contributed by atoms with Crippen LogP contribution in [-0.4, -0.2) is 80.5 Å². The summed E-state index contributed by atoms with van der Waals surface area (Å²) < 4.78 is 29.0. The Balaban J connectivity index is 1.21. The largest absolute Gasteiger partial charge is 0.495 e. The van der Waals surface area contributed by atoms with E-state index in [-0.39, 0.29) is 28.7 Å². The summed E-state index contributed by atoms with van der Waals surface area (Å²) in [5.41, 5.74) is 2.45. The topological polar surface area (TPSA) is 91.3 Å². The first-order valence-corrected chi connectivity index (χ1v) is 13.6. The Morgan fingerprint density at radius 1 is 1.09 bits per heavy atom. The van der Waals surface area contributed by atoms with Crippen LogP contribution in [-0.2, 0) is 9.84 Å². The summed E-state index contributed by atoms with van der Waals surface area (Å²) in [7, 11) is -1.30. The molecule has 174 valence electrons. The third-order valence-corrected chi connectivity index (χ3v) is 9.31. The van der Waals surface area contributed by atoms with Gasteiger partial charge in [0.25, 0.3) is 5.91 Å². The van der Waals surface area contributed by atoms with E-state index < -0.39 is 9.84 Å². The maximum atomic E-state index is 13.1. The molecule has 8 nitrogen and oxygen atoms in total. The SMILES string of the molecule is COc1ccccc1N1CCN(C(=O)c2cccc(NC3=N[C@H]4CS(=O)(=O)C[C@@H]4S3)c2)CC1. The van der Waals surface area contributed by atoms with E-state index in [9.17, 15) is 13.2 Å². The molecule has 2 aromatic rings. The van der Waals surface area contributed by atoms with E-state index in [0.717, 1.165) is 35.4 Å². The molecule has 10 heteroatoms. The molecule has 0 bridgehead atoms. The lowest BCUT2D eigenvalue weighted by atomic mass is 10.1. The molecule has 0 unspecified atom stereocenters. The van der Waals surface area contributed by atoms with Gasteiger partial charge >= 0.3 is 0 Å². The Bertz CT molecular complexity index is 1190. The van der Waals surface area contributed by atoms with Crippen LogP contribution in [0.3, 0.4) is 0 Å². The van der Waals surface area contributed by atoms with Gasteiger partial charge in [0.05, 0.1) is 30.3 Å². The predicted molar refractivity (Wildman–Crippen MR) is 132 cm³/mol. The number of aliphatic imine (C=N–C) groups is 1. The van der Waals surface area contributed by atoms with Gasteiger partial charge in [-0.05, 0) is 30.3 Å². The van der Waals surface area contributed by atoms with Gasteiger partial charge in [0, 0.05) is 42.7 Å². The number of methoxy groups -OCH3 is 1. The molecule has 3 aliphatic rings. The van der Waals surface area contributed by atoms with E-state index in [1.54, 1.807) is 7.11 Å². The summed E-state index contributed by atoms with van der Waals surface area (Å²) >= 11 is 1.47. The molecule has 2 atom stereocenters. The number of hydrogen-bond acceptors (Lipinski definition) is 8. The molecule has 33 heavy (non-hydrogen) atoms. The van der Waals surface area contributed by atoms with Crippen molar-refractivity contribution in [2.45, 2.75) is 11.3 Å². The van der Waals surface area contributed by atoms with Crippen LogP contribution >= 0.6 is 11.8 Å². The number of sulfone groups is 1. The highest BCUT2D eigenvalue weighted by Crippen LogP contribution is 2.34. The van der Waals surface area contributed by atoms with Crippen LogP contribution in [0.4, 0.5) is 11.4 Å². The van der Waals surface area contributed by atoms with Crippen molar-refractivity contribution in [1.29, 1.82) is 0 Å². The minimum Gasteiger partial charge on any atom is -0.495 e. The molecule has 5 rings (SSSR count). The van der Waals surface area contributed by atoms with Gasteiger partial charge in [0.2, 0.25) is 0 Å². The van der Waals surface area contributed by atoms with Gasteiger partial charge in [-0.3, -0.25) is 9.79 Å². The molecule has 2 fully saturated rings. The number of piperazine rings is 1. The lowest BCUT2D eigenvalue weighted by Gasteiger charge is -2.36. The Morgan fingerprint density at radius 3 is 2.64 bits per heavy atom. The quantitative estimate of drug-likeness (QED) is 0.709. The first kappa shape index (κ1) is 22.1. The molecular weight excluding hydrogens is 460 g/mol. The van der Waals surface area contributed by atoms with Crippen LogP contribution < -0.4 is 15.0 Å². The van der Waals surface area contributed by atoms with Gasteiger partial charge in [0.1, 0.15) is 5.75 Å². The molecule has 3 aliphatic heterocycles. The first-order valence-electron chi connectivity index (χ1n) is 10.9. The molecule has 1 amide bonds. The van der Waals surface area contributed by atoms with Gasteiger partial charge in [-0.1, -0.05) is 30.0 Å². The Labute approximate surface area is 197 Å². The number of nitrogens with one attached hydrogen (secondary N) is 1. The number of carbonyl (C=O) groups is 1. The highest BCUT2D eigenvalue weighted by molar-refractivity contribution is 8.15. The number of carbonyl (C=O) groups excluding carboxylic acids is 1. The number of hydrogen-bond donors (Lipinski definition) is 1. The van der Waals surface area contributed by atoms with E-state index in [1.807, 2.05) is 53.4 Å². The minimum atomic E-state index is -2.97. The van der Waals surface area contributed by atoms with Crippen LogP contribution in [0, 0.1) is 0 Å². The number of amidine groups is 1. The lowest BCUT2D eigenvalue weighted by molar-refractivity contribution is 0.0746. The number of para-hydroxylation sites is 2. The number of fused-ring (bicyclic) bond motifs is 1. The average Bonchev–Trinajstić information content (AvgIpc) is 3.31. The maximum Gasteiger partial charge on any atom is 0.254 e. The molecule has 3 heterocycles. The molecule has 0 aliphatic carbocycles. The zero-order chi connectivity index (χ0) is 23.0. The summed E-state index contributed by atoms with van der Waals surface area (Å²) in [6, 6.07) is 15.2. The Morgan fingerprint density at radius 2 is 1.88 bits per heavy atom. The second-order valence-electron chi connectivity index (χ2n) is 8.39. The van der Waals surface area contributed by atoms with E-state index in [0.29, 0.717) is 18.7 Å². The molecule has 0 radical (unpaired) electrons. The summed E-state index contributed by atoms with van der Waals surface area (Å²) in [5, 5.41) is 3.97. The minimum absolute atomic E-state index is 0.00213. The van der Waals surface area contributed by atoms with Crippen molar-refractivity contribution < 1.29 is 17.9 Å². The van der Waals surface area contributed by atoms with Crippen molar-refractivity contribution in [2.75, 3.05) is 55.0 Å². The predicted octanol–water partition coefficient (Wildman–Crippen LogP) is 2.34.